The van der Waals surface area contributed by atoms with Gasteiger partial charge in [0.05, 0.1) is 18.7 Å². The Hall–Kier alpha value is -1.98. The number of hydrogen-bond donors (Lipinski definition) is 2. The molecule has 0 aromatic carbocycles. The van der Waals surface area contributed by atoms with Gasteiger partial charge in [-0.2, -0.15) is 4.98 Å². The lowest BCUT2D eigenvalue weighted by molar-refractivity contribution is -0.122. The first-order valence-electron chi connectivity index (χ1n) is 5.96. The Morgan fingerprint density at radius 2 is 2.33 bits per heavy atom. The fourth-order valence-electron chi connectivity index (χ4n) is 2.21. The van der Waals surface area contributed by atoms with E-state index in [1.807, 2.05) is 4.90 Å². The molecule has 1 aliphatic rings. The Bertz CT molecular complexity index is 450. The minimum absolute atomic E-state index is 0.133. The van der Waals surface area contributed by atoms with Gasteiger partial charge in [0.2, 0.25) is 11.8 Å². The summed E-state index contributed by atoms with van der Waals surface area (Å²) in [4.78, 5) is 17.6. The van der Waals surface area contributed by atoms with Crippen LogP contribution in [0.15, 0.2) is 12.1 Å². The van der Waals surface area contributed by atoms with Gasteiger partial charge in [-0.05, 0) is 18.9 Å². The first kappa shape index (κ1) is 12.5. The smallest absolute Gasteiger partial charge is 0.222 e. The molecule has 0 bridgehead atoms. The number of primary amides is 1. The summed E-state index contributed by atoms with van der Waals surface area (Å²) in [5.74, 6) is 0.785. The molecule has 1 unspecified atom stereocenters. The zero-order valence-corrected chi connectivity index (χ0v) is 10.4. The number of methoxy groups -OCH3 is 1. The van der Waals surface area contributed by atoms with Gasteiger partial charge in [0, 0.05) is 19.2 Å². The monoisotopic (exact) mass is 250 g/mol. The fraction of sp³-hybridized carbons (Fsp3) is 0.500. The van der Waals surface area contributed by atoms with Crippen molar-refractivity contribution in [2.24, 2.45) is 11.7 Å². The minimum atomic E-state index is -0.263. The molecule has 2 heterocycles. The molecule has 0 spiro atoms. The van der Waals surface area contributed by atoms with Crippen molar-refractivity contribution in [3.05, 3.63) is 12.1 Å². The van der Waals surface area contributed by atoms with Crippen molar-refractivity contribution in [3.63, 3.8) is 0 Å². The Morgan fingerprint density at radius 1 is 1.56 bits per heavy atom. The number of carbonyl (C=O) groups is 1. The van der Waals surface area contributed by atoms with E-state index in [1.54, 1.807) is 19.2 Å². The van der Waals surface area contributed by atoms with Crippen LogP contribution in [-0.4, -0.2) is 31.1 Å². The number of pyridine rings is 1. The number of amides is 1. The molecule has 0 radical (unpaired) electrons. The number of rotatable bonds is 3. The number of aromatic nitrogens is 1. The molecule has 98 valence electrons. The molecule has 1 atom stereocenters. The van der Waals surface area contributed by atoms with Crippen molar-refractivity contribution in [3.8, 4) is 5.88 Å². The van der Waals surface area contributed by atoms with Crippen LogP contribution in [0.3, 0.4) is 0 Å². The van der Waals surface area contributed by atoms with Crippen molar-refractivity contribution >= 4 is 17.4 Å². The lowest BCUT2D eigenvalue weighted by atomic mass is 9.97. The van der Waals surface area contributed by atoms with Gasteiger partial charge in [0.15, 0.2) is 5.82 Å². The Labute approximate surface area is 106 Å². The summed E-state index contributed by atoms with van der Waals surface area (Å²) in [5, 5.41) is 0. The van der Waals surface area contributed by atoms with Crippen LogP contribution in [0.4, 0.5) is 11.5 Å². The van der Waals surface area contributed by atoms with Gasteiger partial charge in [0.25, 0.3) is 0 Å². The van der Waals surface area contributed by atoms with Gasteiger partial charge >= 0.3 is 0 Å². The average Bonchev–Trinajstić information content (AvgIpc) is 2.39. The molecule has 6 nitrogen and oxygen atoms in total. The molecule has 0 aliphatic carbocycles. The highest BCUT2D eigenvalue weighted by Gasteiger charge is 2.26. The van der Waals surface area contributed by atoms with E-state index in [0.717, 1.165) is 19.4 Å². The number of ether oxygens (including phenoxy) is 1. The third kappa shape index (κ3) is 2.47. The molecule has 1 aliphatic heterocycles. The molecule has 4 N–H and O–H groups in total. The van der Waals surface area contributed by atoms with Crippen LogP contribution in [0.25, 0.3) is 0 Å². The zero-order chi connectivity index (χ0) is 13.1. The summed E-state index contributed by atoms with van der Waals surface area (Å²) in [5.41, 5.74) is 11.9. The second kappa shape index (κ2) is 5.12. The maximum atomic E-state index is 11.3. The molecular weight excluding hydrogens is 232 g/mol. The van der Waals surface area contributed by atoms with Gasteiger partial charge in [-0.25, -0.2) is 0 Å². The highest BCUT2D eigenvalue weighted by Crippen LogP contribution is 2.28. The van der Waals surface area contributed by atoms with Crippen LogP contribution in [-0.2, 0) is 4.79 Å². The van der Waals surface area contributed by atoms with E-state index in [1.165, 1.54) is 0 Å². The van der Waals surface area contributed by atoms with Crippen molar-refractivity contribution in [2.75, 3.05) is 30.8 Å². The molecule has 2 rings (SSSR count). The molecule has 1 amide bonds. The topological polar surface area (TPSA) is 94.5 Å². The predicted molar refractivity (Wildman–Crippen MR) is 69.3 cm³/mol. The molecule has 18 heavy (non-hydrogen) atoms. The molecule has 6 heteroatoms. The molecular formula is C12H18N4O2. The quantitative estimate of drug-likeness (QED) is 0.808. The number of nitrogen functional groups attached to an aromatic ring is 1. The second-order valence-corrected chi connectivity index (χ2v) is 4.45. The van der Waals surface area contributed by atoms with Gasteiger partial charge < -0.3 is 21.1 Å². The van der Waals surface area contributed by atoms with E-state index in [4.69, 9.17) is 16.2 Å². The summed E-state index contributed by atoms with van der Waals surface area (Å²) < 4.78 is 5.09. The van der Waals surface area contributed by atoms with Crippen LogP contribution in [0.1, 0.15) is 12.8 Å². The van der Waals surface area contributed by atoms with E-state index in [2.05, 4.69) is 4.98 Å². The predicted octanol–water partition coefficient (Wildman–Crippen LogP) is 0.374. The summed E-state index contributed by atoms with van der Waals surface area (Å²) in [7, 11) is 1.56. The lowest BCUT2D eigenvalue weighted by Crippen LogP contribution is -2.41. The summed E-state index contributed by atoms with van der Waals surface area (Å²) >= 11 is 0. The van der Waals surface area contributed by atoms with Crippen molar-refractivity contribution in [2.45, 2.75) is 12.8 Å². The Balaban J connectivity index is 2.22. The highest BCUT2D eigenvalue weighted by molar-refractivity contribution is 5.78. The van der Waals surface area contributed by atoms with Gasteiger partial charge in [-0.3, -0.25) is 4.79 Å². The normalized spacial score (nSPS) is 19.6. The lowest BCUT2D eigenvalue weighted by Gasteiger charge is -2.32. The van der Waals surface area contributed by atoms with Crippen molar-refractivity contribution < 1.29 is 9.53 Å². The van der Waals surface area contributed by atoms with Crippen molar-refractivity contribution in [1.29, 1.82) is 0 Å². The van der Waals surface area contributed by atoms with E-state index >= 15 is 0 Å². The largest absolute Gasteiger partial charge is 0.481 e. The van der Waals surface area contributed by atoms with Gasteiger partial charge in [-0.15, -0.1) is 0 Å². The van der Waals surface area contributed by atoms with Gasteiger partial charge in [0.1, 0.15) is 0 Å². The maximum absolute atomic E-state index is 11.3. The number of hydrogen-bond acceptors (Lipinski definition) is 5. The molecule has 1 aromatic heterocycles. The van der Waals surface area contributed by atoms with E-state index < -0.39 is 0 Å². The summed E-state index contributed by atoms with van der Waals surface area (Å²) in [6, 6.07) is 3.48. The fourth-order valence-corrected chi connectivity index (χ4v) is 2.21. The Morgan fingerprint density at radius 3 is 3.00 bits per heavy atom. The first-order chi connectivity index (χ1) is 8.61. The number of nitrogens with two attached hydrogens (primary N) is 2. The highest BCUT2D eigenvalue weighted by atomic mass is 16.5. The van der Waals surface area contributed by atoms with E-state index in [0.29, 0.717) is 23.9 Å². The Kier molecular flexibility index (Phi) is 3.55. The standard InChI is InChI=1S/C12H18N4O2/c1-18-10-5-4-9(13)12(15-10)16-6-2-3-8(7-16)11(14)17/h4-5,8H,2-3,6-7,13H2,1H3,(H2,14,17). The molecule has 1 fully saturated rings. The molecule has 1 saturated heterocycles. The van der Waals surface area contributed by atoms with Crippen LogP contribution in [0.5, 0.6) is 5.88 Å². The van der Waals surface area contributed by atoms with Crippen LogP contribution in [0.2, 0.25) is 0 Å². The number of piperidine rings is 1. The SMILES string of the molecule is COc1ccc(N)c(N2CCCC(C(N)=O)C2)n1. The zero-order valence-electron chi connectivity index (χ0n) is 10.4. The third-order valence-corrected chi connectivity index (χ3v) is 3.21. The summed E-state index contributed by atoms with van der Waals surface area (Å²) in [6.07, 6.45) is 1.74. The number of nitrogens with zero attached hydrogens (tertiary/aromatic N) is 2. The summed E-state index contributed by atoms with van der Waals surface area (Å²) in [6.45, 7) is 1.40. The van der Waals surface area contributed by atoms with Crippen LogP contribution in [0, 0.1) is 5.92 Å². The van der Waals surface area contributed by atoms with Crippen LogP contribution >= 0.6 is 0 Å². The molecule has 0 saturated carbocycles. The second-order valence-electron chi connectivity index (χ2n) is 4.45. The van der Waals surface area contributed by atoms with E-state index in [-0.39, 0.29) is 11.8 Å². The van der Waals surface area contributed by atoms with Crippen molar-refractivity contribution in [1.82, 2.24) is 4.98 Å². The van der Waals surface area contributed by atoms with E-state index in [9.17, 15) is 4.79 Å². The van der Waals surface area contributed by atoms with Crippen LogP contribution < -0.4 is 21.1 Å². The molecule has 1 aromatic rings. The number of anilines is 2. The minimum Gasteiger partial charge on any atom is -0.481 e. The number of carbonyl (C=O) groups excluding carboxylic acids is 1. The van der Waals surface area contributed by atoms with Gasteiger partial charge in [-0.1, -0.05) is 0 Å². The third-order valence-electron chi connectivity index (χ3n) is 3.21. The first-order valence-corrected chi connectivity index (χ1v) is 5.96. The maximum Gasteiger partial charge on any atom is 0.222 e. The average molecular weight is 250 g/mol.